The smallest absolute Gasteiger partial charge is 0.410 e. The first-order valence-electron chi connectivity index (χ1n) is 26.7. The molecule has 0 spiro atoms. The summed E-state index contributed by atoms with van der Waals surface area (Å²) in [5, 5.41) is 8.92. The fourth-order valence-corrected chi connectivity index (χ4v) is 10.5. The second-order valence-electron chi connectivity index (χ2n) is 21.7. The highest BCUT2D eigenvalue weighted by molar-refractivity contribution is 7.99. The van der Waals surface area contributed by atoms with Crippen molar-refractivity contribution in [2.45, 2.75) is 110 Å². The summed E-state index contributed by atoms with van der Waals surface area (Å²) in [6, 6.07) is 22.6. The molecule has 2 fully saturated rings. The summed E-state index contributed by atoms with van der Waals surface area (Å²) in [5.74, 6) is -0.742. The van der Waals surface area contributed by atoms with Gasteiger partial charge < -0.3 is 54.1 Å². The molecule has 2 N–H and O–H groups in total. The van der Waals surface area contributed by atoms with Gasteiger partial charge in [0.05, 0.1) is 42.7 Å². The average molecular weight is 1130 g/mol. The number of ether oxygens (including phenoxy) is 4. The average Bonchev–Trinajstić information content (AvgIpc) is 3.46. The maximum absolute atomic E-state index is 12.7. The Hall–Kier alpha value is -6.94. The van der Waals surface area contributed by atoms with Crippen molar-refractivity contribution in [2.24, 2.45) is 5.92 Å². The van der Waals surface area contributed by atoms with Gasteiger partial charge in [-0.25, -0.2) is 24.4 Å². The number of nitrogens with zero attached hydrogens (tertiary/aromatic N) is 7. The van der Waals surface area contributed by atoms with E-state index in [1.807, 2.05) is 57.4 Å². The molecule has 20 nitrogen and oxygen atoms in total. The van der Waals surface area contributed by atoms with Crippen LogP contribution in [0.15, 0.2) is 83.2 Å². The van der Waals surface area contributed by atoms with Crippen LogP contribution in [0.25, 0.3) is 10.8 Å². The summed E-state index contributed by atoms with van der Waals surface area (Å²) in [7, 11) is -1.31. The van der Waals surface area contributed by atoms with E-state index in [2.05, 4.69) is 63.8 Å². The van der Waals surface area contributed by atoms with E-state index in [1.165, 1.54) is 38.7 Å². The molecule has 4 aromatic rings. The van der Waals surface area contributed by atoms with Gasteiger partial charge in [-0.1, -0.05) is 60.7 Å². The maximum Gasteiger partial charge on any atom is 0.410 e. The van der Waals surface area contributed by atoms with E-state index in [0.29, 0.717) is 63.9 Å². The molecule has 0 radical (unpaired) electrons. The number of likely N-dealkylation sites (tertiary alicyclic amines) is 1. The van der Waals surface area contributed by atoms with Crippen molar-refractivity contribution in [2.75, 3.05) is 87.8 Å². The molecule has 5 aliphatic rings. The van der Waals surface area contributed by atoms with Gasteiger partial charge in [-0.15, -0.1) is 11.8 Å². The van der Waals surface area contributed by atoms with Gasteiger partial charge in [0.15, 0.2) is 5.78 Å². The molecule has 0 bridgehead atoms. The van der Waals surface area contributed by atoms with Crippen LogP contribution >= 0.6 is 11.8 Å². The summed E-state index contributed by atoms with van der Waals surface area (Å²) in [5.41, 5.74) is 5.75. The van der Waals surface area contributed by atoms with Gasteiger partial charge in [0, 0.05) is 80.0 Å². The lowest BCUT2D eigenvalue weighted by atomic mass is 9.96. The van der Waals surface area contributed by atoms with Gasteiger partial charge >= 0.3 is 24.2 Å². The molecule has 5 aliphatic heterocycles. The molecular weight excluding hydrogens is 1050 g/mol. The number of aromatic nitrogens is 2. The van der Waals surface area contributed by atoms with Gasteiger partial charge in [-0.2, -0.15) is 0 Å². The van der Waals surface area contributed by atoms with Crippen LogP contribution in [-0.2, 0) is 63.7 Å². The van der Waals surface area contributed by atoms with Crippen molar-refractivity contribution in [3.8, 4) is 0 Å². The minimum absolute atomic E-state index is 0.0399. The predicted octanol–water partition coefficient (Wildman–Crippen LogP) is 7.32. The first-order valence-corrected chi connectivity index (χ1v) is 29.5. The molecule has 2 saturated heterocycles. The van der Waals surface area contributed by atoms with E-state index in [1.54, 1.807) is 43.8 Å². The third-order valence-corrected chi connectivity index (χ3v) is 14.8. The number of fused-ring (bicyclic) bond motifs is 2. The lowest BCUT2D eigenvalue weighted by Gasteiger charge is -2.38. The van der Waals surface area contributed by atoms with E-state index in [9.17, 15) is 33.0 Å². The number of aryl methyl sites for hydroxylation is 1. The molecule has 0 saturated carbocycles. The zero-order chi connectivity index (χ0) is 57.2. The number of rotatable bonds is 8. The summed E-state index contributed by atoms with van der Waals surface area (Å²) in [6.07, 6.45) is 4.01. The van der Waals surface area contributed by atoms with Crippen LogP contribution in [0, 0.1) is 12.8 Å². The van der Waals surface area contributed by atoms with Crippen molar-refractivity contribution in [1.29, 1.82) is 0 Å². The molecular formula is C57H75N9O11S2. The molecule has 3 aromatic carbocycles. The molecule has 9 rings (SSSR count). The van der Waals surface area contributed by atoms with Gasteiger partial charge in [-0.3, -0.25) is 18.6 Å². The Kier molecular flexibility index (Phi) is 19.9. The number of nitrogens with one attached hydrogen (secondary N) is 2. The molecule has 22 heteroatoms. The quantitative estimate of drug-likeness (QED) is 0.0763. The minimum Gasteiger partial charge on any atom is -0.465 e. The number of amides is 4. The van der Waals surface area contributed by atoms with Gasteiger partial charge in [0.2, 0.25) is 5.16 Å². The highest BCUT2D eigenvalue weighted by atomic mass is 32.2. The number of carbonyl (C=O) groups is 6. The fourth-order valence-electron chi connectivity index (χ4n) is 9.54. The molecule has 79 heavy (non-hydrogen) atoms. The van der Waals surface area contributed by atoms with E-state index < -0.39 is 40.0 Å². The van der Waals surface area contributed by atoms with Crippen molar-refractivity contribution in [1.82, 2.24) is 35.3 Å². The Labute approximate surface area is 469 Å². The maximum atomic E-state index is 12.7. The number of piperazine rings is 1. The minimum atomic E-state index is -1.31. The van der Waals surface area contributed by atoms with Crippen LogP contribution in [0.5, 0.6) is 0 Å². The van der Waals surface area contributed by atoms with Crippen molar-refractivity contribution in [3.63, 3.8) is 0 Å². The fraction of sp³-hybridized carbons (Fsp3) is 0.509. The highest BCUT2D eigenvalue weighted by Crippen LogP contribution is 2.35. The van der Waals surface area contributed by atoms with Crippen LogP contribution < -0.4 is 20.4 Å². The second-order valence-corrected chi connectivity index (χ2v) is 23.9. The molecule has 426 valence electrons. The lowest BCUT2D eigenvalue weighted by molar-refractivity contribution is -0.153. The Morgan fingerprint density at radius 1 is 0.734 bits per heavy atom. The van der Waals surface area contributed by atoms with Crippen LogP contribution in [0.1, 0.15) is 83.7 Å². The Morgan fingerprint density at radius 2 is 1.39 bits per heavy atom. The molecule has 3 unspecified atom stereocenters. The number of benzene rings is 3. The van der Waals surface area contributed by atoms with Crippen LogP contribution in [0.3, 0.4) is 0 Å². The first-order chi connectivity index (χ1) is 37.5. The normalized spacial score (nSPS) is 18.8. The molecule has 4 amide bonds. The molecule has 3 atom stereocenters. The largest absolute Gasteiger partial charge is 0.465 e. The molecule has 6 heterocycles. The number of hydrogen-bond donors (Lipinski definition) is 2. The number of thioether (sulfide) groups is 1. The van der Waals surface area contributed by atoms with Crippen molar-refractivity contribution in [3.05, 3.63) is 100 Å². The number of ketones is 1. The second kappa shape index (κ2) is 26.3. The number of Topliss-reactive ketones (excluding diaryl/α,β-unsaturated/α-hetero) is 1. The zero-order valence-corrected chi connectivity index (χ0v) is 48.7. The van der Waals surface area contributed by atoms with E-state index in [0.717, 1.165) is 46.9 Å². The number of carbonyl (C=O) groups excluding carboxylic acids is 6. The monoisotopic (exact) mass is 1130 g/mol. The molecule has 1 aromatic heterocycles. The standard InChI is InChI=1S/C31H33N5O3S.C13H21N3O3S.C13H21NO5/c1-22-18-24-10-6-7-11-25(24)28(19-22)36-13-12-26-27(20-36)32-30(40(2)38)33-29(26)34-14-16-35(17-15-34)31(37)39-21-23-8-4-3-5-9-23;1-13(2,3)19-12(18)16-6-5-8-9(7-16)14-11(20-4)15-10(8)17;1-5-18-11(16)9-6-7-14(8-10(9)15)12(17)19-13(2,3)4/h3-11,18-19H,12-17,20-21H2,1-2H3;11,14H,5-7H2,1-4H3,(H,15,17);9H,5-8H2,1-4H3. The van der Waals surface area contributed by atoms with E-state index in [4.69, 9.17) is 28.9 Å². The van der Waals surface area contributed by atoms with Gasteiger partial charge in [0.25, 0.3) is 5.91 Å². The third kappa shape index (κ3) is 16.1. The Balaban J connectivity index is 0.000000194. The molecule has 0 aliphatic carbocycles. The first kappa shape index (κ1) is 59.7. The Bertz CT molecular complexity index is 2940. The number of hydrogen-bond acceptors (Lipinski definition) is 17. The van der Waals surface area contributed by atoms with E-state index in [-0.39, 0.29) is 55.6 Å². The van der Waals surface area contributed by atoms with Crippen LogP contribution in [-0.4, -0.2) is 160 Å². The number of esters is 1. The zero-order valence-electron chi connectivity index (χ0n) is 47.0. The Morgan fingerprint density at radius 3 is 2.03 bits per heavy atom. The summed E-state index contributed by atoms with van der Waals surface area (Å²) >= 11 is 1.51. The summed E-state index contributed by atoms with van der Waals surface area (Å²) < 4.78 is 33.5. The van der Waals surface area contributed by atoms with Gasteiger partial charge in [0.1, 0.15) is 35.0 Å². The number of piperidine rings is 1. The third-order valence-electron chi connectivity index (χ3n) is 13.4. The predicted molar refractivity (Wildman–Crippen MR) is 304 cm³/mol. The van der Waals surface area contributed by atoms with Crippen LogP contribution in [0.4, 0.5) is 25.9 Å². The van der Waals surface area contributed by atoms with E-state index >= 15 is 0 Å². The summed E-state index contributed by atoms with van der Waals surface area (Å²) in [6.45, 7) is 20.1. The lowest BCUT2D eigenvalue weighted by Crippen LogP contribution is -2.54. The van der Waals surface area contributed by atoms with Crippen molar-refractivity contribution < 1.29 is 51.9 Å². The van der Waals surface area contributed by atoms with Crippen molar-refractivity contribution >= 4 is 80.8 Å². The summed E-state index contributed by atoms with van der Waals surface area (Å²) in [4.78, 5) is 90.7. The van der Waals surface area contributed by atoms with Gasteiger partial charge in [-0.05, 0) is 103 Å². The topological polar surface area (TPSA) is 222 Å². The van der Waals surface area contributed by atoms with Crippen LogP contribution in [0.2, 0.25) is 0 Å². The SMILES string of the molecule is CCOC(=O)C1CCN(C(=O)OC(C)(C)C)CC1=O.CSC1NC(=O)C2=C(CN(C(=O)OC(C)(C)C)CC2)N1.Cc1cc(N2CCc3c(nc(S(C)=O)nc3N3CCN(C(=O)OCc4ccccc4)CC3)C2)c2ccccc2c1. The number of anilines is 2. The highest BCUT2D eigenvalue weighted by Gasteiger charge is 2.38.